The molecule has 0 bridgehead atoms. The van der Waals surface area contributed by atoms with Crippen LogP contribution < -0.4 is 115 Å². The minimum absolute atomic E-state index is 0. The Balaban J connectivity index is 0. The van der Waals surface area contributed by atoms with Gasteiger partial charge in [-0.05, 0) is 6.07 Å². The SMILES string of the molecule is Nc1ccn([C@@H]2O[C@H](COP(=O)([O-])OP(=O)([O-])OP(=O)([O-])O)C(O)[C@H]2O)c(=O)n1.[Na+].[Na+].[Na+]. The van der Waals surface area contributed by atoms with Gasteiger partial charge in [0.1, 0.15) is 24.1 Å². The van der Waals surface area contributed by atoms with Gasteiger partial charge in [-0.2, -0.15) is 4.98 Å². The summed E-state index contributed by atoms with van der Waals surface area (Å²) in [7, 11) is -17.8. The number of rotatable bonds is 8. The molecule has 0 amide bonds. The first-order valence-electron chi connectivity index (χ1n) is 7.20. The molecule has 17 nitrogen and oxygen atoms in total. The molecule has 1 fully saturated rings. The van der Waals surface area contributed by atoms with Crippen LogP contribution in [0.2, 0.25) is 0 Å². The first-order valence-corrected chi connectivity index (χ1v) is 11.6. The van der Waals surface area contributed by atoms with E-state index in [1.807, 2.05) is 0 Å². The van der Waals surface area contributed by atoms with Gasteiger partial charge in [0.15, 0.2) is 6.23 Å². The molecule has 2 heterocycles. The summed E-state index contributed by atoms with van der Waals surface area (Å²) in [6, 6.07) is 1.18. The van der Waals surface area contributed by atoms with Gasteiger partial charge in [0, 0.05) is 6.20 Å². The molecule has 1 aromatic rings. The first-order chi connectivity index (χ1) is 13.1. The molecule has 166 valence electrons. The monoisotopic (exact) mass is 549 g/mol. The maximum Gasteiger partial charge on any atom is 1.00 e. The maximum absolute atomic E-state index is 11.8. The predicted molar refractivity (Wildman–Crippen MR) is 82.0 cm³/mol. The number of nitrogen functional groups attached to an aromatic ring is 1. The second-order valence-corrected chi connectivity index (χ2v) is 9.70. The van der Waals surface area contributed by atoms with Crippen molar-refractivity contribution in [1.29, 1.82) is 0 Å². The molecule has 4 unspecified atom stereocenters. The second-order valence-electron chi connectivity index (χ2n) is 5.41. The van der Waals surface area contributed by atoms with Crippen LogP contribution in [-0.2, 0) is 31.6 Å². The molecule has 7 atom stereocenters. The number of ether oxygens (including phenoxy) is 1. The number of anilines is 1. The van der Waals surface area contributed by atoms with Crippen molar-refractivity contribution in [3.8, 4) is 0 Å². The molecule has 23 heteroatoms. The van der Waals surface area contributed by atoms with E-state index in [-0.39, 0.29) is 94.5 Å². The molecule has 1 aliphatic heterocycles. The zero-order valence-corrected chi connectivity index (χ0v) is 25.5. The molecular formula is C9H13N3Na3O14P3. The van der Waals surface area contributed by atoms with Crippen LogP contribution in [0.5, 0.6) is 0 Å². The Labute approximate surface area is 246 Å². The summed E-state index contributed by atoms with van der Waals surface area (Å²) in [6.45, 7) is -1.12. The third kappa shape index (κ3) is 10.9. The number of aliphatic hydroxyl groups is 2. The molecule has 0 aromatic carbocycles. The number of aliphatic hydroxyl groups excluding tert-OH is 2. The van der Waals surface area contributed by atoms with Crippen LogP contribution >= 0.6 is 23.5 Å². The van der Waals surface area contributed by atoms with Crippen molar-refractivity contribution >= 4 is 29.3 Å². The summed E-state index contributed by atoms with van der Waals surface area (Å²) in [4.78, 5) is 56.4. The molecule has 2 rings (SSSR count). The van der Waals surface area contributed by atoms with Crippen LogP contribution in [0.4, 0.5) is 5.82 Å². The quantitative estimate of drug-likeness (QED) is 0.173. The first kappa shape index (κ1) is 36.1. The standard InChI is InChI=1S/C9H16N3O14P3.3Na/c10-5-1-2-12(9(15)11-5)8-7(14)6(13)4(24-8)3-23-28(19,20)26-29(21,22)25-27(16,17)18;;;/h1-2,4,6-8,13-14H,3H2,(H,19,20)(H,21,22)(H2,10,11,15)(H2,16,17,18);;;/q;3*+1/p-3/t4-,6?,7-,8-;;;/m1.../s1. The smallest absolute Gasteiger partial charge is 0.756 e. The Kier molecular flexibility index (Phi) is 15.9. The Morgan fingerprint density at radius 2 is 1.66 bits per heavy atom. The van der Waals surface area contributed by atoms with Crippen LogP contribution in [0, 0.1) is 0 Å². The molecule has 0 spiro atoms. The van der Waals surface area contributed by atoms with E-state index in [2.05, 4.69) is 18.1 Å². The van der Waals surface area contributed by atoms with Gasteiger partial charge in [-0.1, -0.05) is 0 Å². The van der Waals surface area contributed by atoms with Crippen LogP contribution in [0.15, 0.2) is 17.1 Å². The molecule has 1 aromatic heterocycles. The number of nitrogens with zero attached hydrogens (tertiary/aromatic N) is 2. The maximum atomic E-state index is 11.8. The molecule has 1 saturated heterocycles. The van der Waals surface area contributed by atoms with Gasteiger partial charge >= 0.3 is 94.4 Å². The van der Waals surface area contributed by atoms with E-state index in [1.54, 1.807) is 0 Å². The predicted octanol–water partition coefficient (Wildman–Crippen LogP) is -13.1. The number of hydrogen-bond donors (Lipinski definition) is 4. The van der Waals surface area contributed by atoms with Crippen LogP contribution in [0.1, 0.15) is 6.23 Å². The van der Waals surface area contributed by atoms with Crippen molar-refractivity contribution in [2.24, 2.45) is 0 Å². The zero-order chi connectivity index (χ0) is 22.2. The minimum atomic E-state index is -6.09. The Bertz CT molecular complexity index is 960. The van der Waals surface area contributed by atoms with E-state index in [1.165, 1.54) is 6.07 Å². The molecule has 1 aliphatic rings. The summed E-state index contributed by atoms with van der Waals surface area (Å²) in [5.41, 5.74) is 4.35. The molecule has 5 N–H and O–H groups in total. The van der Waals surface area contributed by atoms with Gasteiger partial charge in [-0.3, -0.25) is 18.3 Å². The van der Waals surface area contributed by atoms with E-state index in [9.17, 15) is 43.4 Å². The van der Waals surface area contributed by atoms with Crippen molar-refractivity contribution in [2.75, 3.05) is 12.3 Å². The van der Waals surface area contributed by atoms with E-state index in [0.29, 0.717) is 0 Å². The number of hydrogen-bond acceptors (Lipinski definition) is 15. The summed E-state index contributed by atoms with van der Waals surface area (Å²) in [6.07, 6.45) is -5.62. The fourth-order valence-electron chi connectivity index (χ4n) is 2.17. The largest absolute Gasteiger partial charge is 1.00 e. The summed E-state index contributed by atoms with van der Waals surface area (Å²) in [5.74, 6) is -0.140. The van der Waals surface area contributed by atoms with Crippen LogP contribution in [0.3, 0.4) is 0 Å². The van der Waals surface area contributed by atoms with Crippen LogP contribution in [-0.4, -0.2) is 49.6 Å². The molecular weight excluding hydrogens is 536 g/mol. The van der Waals surface area contributed by atoms with Crippen molar-refractivity contribution in [3.05, 3.63) is 22.7 Å². The molecule has 0 aliphatic carbocycles. The van der Waals surface area contributed by atoms with Crippen molar-refractivity contribution in [1.82, 2.24) is 9.55 Å². The summed E-state index contributed by atoms with van der Waals surface area (Å²) >= 11 is 0. The van der Waals surface area contributed by atoms with Gasteiger partial charge in [-0.25, -0.2) is 13.4 Å². The fraction of sp³-hybridized carbons (Fsp3) is 0.556. The number of phosphoric ester groups is 1. The topological polar surface area (TPSA) is 279 Å². The van der Waals surface area contributed by atoms with Gasteiger partial charge in [0.25, 0.3) is 23.5 Å². The number of phosphoric acid groups is 3. The summed E-state index contributed by atoms with van der Waals surface area (Å²) < 4.78 is 49.5. The Hall–Kier alpha value is 1.97. The second kappa shape index (κ2) is 14.1. The number of nitrogens with two attached hydrogens (primary N) is 1. The summed E-state index contributed by atoms with van der Waals surface area (Å²) in [5, 5.41) is 19.9. The van der Waals surface area contributed by atoms with E-state index < -0.39 is 60.3 Å². The van der Waals surface area contributed by atoms with Crippen LogP contribution in [0.25, 0.3) is 0 Å². The Morgan fingerprint density at radius 1 is 1.09 bits per heavy atom. The van der Waals surface area contributed by atoms with Gasteiger partial charge in [0.05, 0.1) is 6.61 Å². The van der Waals surface area contributed by atoms with E-state index in [0.717, 1.165) is 10.8 Å². The third-order valence-corrected chi connectivity index (χ3v) is 6.95. The zero-order valence-electron chi connectivity index (χ0n) is 16.8. The fourth-order valence-corrected chi connectivity index (χ4v) is 5.06. The normalized spacial score (nSPS) is 28.1. The number of aromatic nitrogens is 2. The van der Waals surface area contributed by atoms with Crippen molar-refractivity contribution in [2.45, 2.75) is 24.5 Å². The van der Waals surface area contributed by atoms with Gasteiger partial charge in [0.2, 0.25) is 0 Å². The average molecular weight is 549 g/mol. The molecule has 32 heavy (non-hydrogen) atoms. The molecule has 0 saturated carbocycles. The van der Waals surface area contributed by atoms with Crippen molar-refractivity contribution < 1.29 is 150 Å². The van der Waals surface area contributed by atoms with E-state index >= 15 is 0 Å². The molecule has 0 radical (unpaired) electrons. The van der Waals surface area contributed by atoms with Gasteiger partial charge in [-0.15, -0.1) is 0 Å². The van der Waals surface area contributed by atoms with E-state index in [4.69, 9.17) is 15.4 Å². The third-order valence-electron chi connectivity index (χ3n) is 3.26. The Morgan fingerprint density at radius 3 is 2.16 bits per heavy atom. The van der Waals surface area contributed by atoms with Gasteiger partial charge < -0.3 is 44.8 Å². The van der Waals surface area contributed by atoms with Crippen molar-refractivity contribution in [3.63, 3.8) is 0 Å². The minimum Gasteiger partial charge on any atom is -0.756 e. The average Bonchev–Trinajstić information content (AvgIpc) is 2.78.